The van der Waals surface area contributed by atoms with Gasteiger partial charge in [-0.2, -0.15) is 0 Å². The van der Waals surface area contributed by atoms with Crippen molar-refractivity contribution in [2.45, 2.75) is 211 Å². The first-order valence-electron chi connectivity index (χ1n) is 40.4. The van der Waals surface area contributed by atoms with Crippen molar-refractivity contribution < 1.29 is 23.7 Å². The molecule has 9 fully saturated rings. The Kier molecular flexibility index (Phi) is 17.4. The molecule has 0 aromatic carbocycles. The van der Waals surface area contributed by atoms with Gasteiger partial charge in [0.1, 0.15) is 45.7 Å². The molecule has 13 aliphatic rings. The van der Waals surface area contributed by atoms with Crippen molar-refractivity contribution in [2.24, 2.45) is 17.8 Å². The minimum Gasteiger partial charge on any atom is -0.381 e. The Hall–Kier alpha value is -11.3. The molecule has 12 aromatic rings. The summed E-state index contributed by atoms with van der Waals surface area (Å²) >= 11 is 0. The van der Waals surface area contributed by atoms with Crippen LogP contribution in [0.15, 0.2) is 49.6 Å². The van der Waals surface area contributed by atoms with E-state index in [9.17, 15) is 0 Å². The van der Waals surface area contributed by atoms with Crippen LogP contribution in [-0.4, -0.2) is 201 Å². The van der Waals surface area contributed by atoms with E-state index >= 15 is 0 Å². The number of aromatic nitrogens is 24. The average Bonchev–Trinajstić information content (AvgIpc) is 1.58. The molecule has 0 radical (unpaired) electrons. The molecule has 25 rings (SSSR count). The third-order valence-corrected chi connectivity index (χ3v) is 25.0. The standard InChI is InChI=1S/C21H26N8O2.2C20H24N8O.C18H22N8O/c1-21(2)19-25-15-17(28(19)4-5-31-21)26-16(12-8-23-20(22)24-9-12)27-18(15)29-10-11-6-13(29)7-14(11)30-3;1-10-9-29-20(2,3)18-24-14-16(27-8-11-4-13(27)5-11)25-15(26-17(14)28(10)18)12-6-22-19(21)23-7-12;1-10-8-28-17-14(24-18(28)20(2,3)29-10)16(27-9-11-4-13(27)5-11)25-15(26-17)12-6-22-19(21)23-7-12;1-18(2)16-23-12-14(22-11-4-3-5-11)24-13(10-8-20-17(19)21-9-10)25-15(12)26(16)6-7-27-18/h8-9,11,13-14H,4-7,10H2,1-3H3,(H2,22,23,24);2*6-7,10-11,13H,4-5,8-9H2,1-3H3,(H2,21,22,23);8-9,11H,3-7H2,1-2H3,(H2,19,20,21)(H,22,24,25)/t11?,13?,14-;2*10-,11?,13?;/m101./s1. The number of piperidine rings is 1. The molecule has 5 saturated heterocycles. The predicted octanol–water partition coefficient (Wildman–Crippen LogP) is 8.25. The number of methoxy groups -OCH3 is 1. The molecule has 12 aromatic heterocycles. The lowest BCUT2D eigenvalue weighted by Crippen LogP contribution is -2.39. The lowest BCUT2D eigenvalue weighted by molar-refractivity contribution is -0.100. The highest BCUT2D eigenvalue weighted by Crippen LogP contribution is 2.50. The van der Waals surface area contributed by atoms with Gasteiger partial charge < -0.3 is 84.9 Å². The minimum atomic E-state index is -0.480. The van der Waals surface area contributed by atoms with Gasteiger partial charge in [-0.15, -0.1) is 0 Å². The average molecular weight is 1570 g/mol. The van der Waals surface area contributed by atoms with Crippen LogP contribution in [0.2, 0.25) is 0 Å². The van der Waals surface area contributed by atoms with E-state index in [2.05, 4.69) is 120 Å². The van der Waals surface area contributed by atoms with Crippen LogP contribution < -0.4 is 43.0 Å². The molecule has 21 heterocycles. The molecular weight excluding hydrogens is 1480 g/mol. The van der Waals surface area contributed by atoms with Crippen LogP contribution in [0.5, 0.6) is 0 Å². The van der Waals surface area contributed by atoms with Crippen molar-refractivity contribution in [1.82, 2.24) is 118 Å². The fraction of sp³-hybridized carbons (Fsp3) is 0.544. The highest BCUT2D eigenvalue weighted by Gasteiger charge is 2.50. The fourth-order valence-electron chi connectivity index (χ4n) is 18.8. The number of hydrogen-bond acceptors (Lipinski definition) is 33. The number of nitrogens with zero attached hydrogens (tertiary/aromatic N) is 27. The van der Waals surface area contributed by atoms with Gasteiger partial charge in [0.15, 0.2) is 91.2 Å². The minimum absolute atomic E-state index is 0.0798. The molecule has 116 heavy (non-hydrogen) atoms. The first-order chi connectivity index (χ1) is 55.7. The number of nitrogens with one attached hydrogen (secondary N) is 1. The summed E-state index contributed by atoms with van der Waals surface area (Å²) in [6.45, 7) is 27.6. The van der Waals surface area contributed by atoms with Gasteiger partial charge >= 0.3 is 0 Å². The van der Waals surface area contributed by atoms with E-state index in [1.54, 1.807) is 49.6 Å². The van der Waals surface area contributed by atoms with Crippen molar-refractivity contribution in [1.29, 1.82) is 0 Å². The summed E-state index contributed by atoms with van der Waals surface area (Å²) in [6.07, 6.45) is 24.4. The Bertz CT molecular complexity index is 5810. The van der Waals surface area contributed by atoms with Crippen LogP contribution in [0.3, 0.4) is 0 Å². The van der Waals surface area contributed by atoms with Gasteiger partial charge in [0.2, 0.25) is 23.8 Å². The largest absolute Gasteiger partial charge is 0.381 e. The molecule has 4 aliphatic carbocycles. The Balaban J connectivity index is 0.0000000999. The van der Waals surface area contributed by atoms with Crippen LogP contribution >= 0.6 is 0 Å². The number of hydrogen-bond donors (Lipinski definition) is 5. The monoisotopic (exact) mass is 1570 g/mol. The number of nitrogens with two attached hydrogens (primary N) is 4. The predicted molar refractivity (Wildman–Crippen MR) is 432 cm³/mol. The molecule has 4 saturated carbocycles. The molecule has 37 nitrogen and oxygen atoms in total. The zero-order valence-electron chi connectivity index (χ0n) is 67.0. The maximum Gasteiger partial charge on any atom is 0.219 e. The summed E-state index contributed by atoms with van der Waals surface area (Å²) in [4.78, 5) is 99.2. The Morgan fingerprint density at radius 2 is 0.819 bits per heavy atom. The van der Waals surface area contributed by atoms with E-state index in [1.807, 2.05) is 34.8 Å². The van der Waals surface area contributed by atoms with E-state index in [1.165, 1.54) is 32.1 Å². The SMILES string of the molecule is CC1(C)OCCn2c1nc1c(NC3CCC3)nc(-c3cnc(N)nc3)nc12.CO[C@@H]1CC2CC1CN2c1nc(-c2cnc(N)nc2)nc2c1nc1n2CCOC1(C)C.C[C@@H]1Cn2c(nc3c(N4CC5CC4C5)nc(-c4cnc(N)nc4)nc32)C(C)(C)O1.C[C@H]1COC(C)(C)c2nc3c(N4CC5CC4C5)nc(-c4cnc(N)nc4)nc3n21. The normalized spacial score (nSPS) is 25.1. The van der Waals surface area contributed by atoms with E-state index in [0.29, 0.717) is 92.4 Å². The summed E-state index contributed by atoms with van der Waals surface area (Å²) in [6, 6.07) is 2.08. The molecule has 9 aliphatic heterocycles. The summed E-state index contributed by atoms with van der Waals surface area (Å²) in [5.41, 5.74) is 30.4. The first kappa shape index (κ1) is 73.6. The van der Waals surface area contributed by atoms with Crippen LogP contribution in [0.25, 0.3) is 90.2 Å². The lowest BCUT2D eigenvalue weighted by atomic mass is 9.86. The van der Waals surface area contributed by atoms with Gasteiger partial charge in [-0.3, -0.25) is 0 Å². The van der Waals surface area contributed by atoms with Crippen molar-refractivity contribution in [3.8, 4) is 45.6 Å². The van der Waals surface area contributed by atoms with Gasteiger partial charge in [0.25, 0.3) is 0 Å². The molecule has 37 heteroatoms. The quantitative estimate of drug-likeness (QED) is 0.0859. The van der Waals surface area contributed by atoms with Crippen LogP contribution in [0.1, 0.15) is 156 Å². The Morgan fingerprint density at radius 1 is 0.422 bits per heavy atom. The maximum absolute atomic E-state index is 6.17. The van der Waals surface area contributed by atoms with Crippen molar-refractivity contribution in [3.05, 3.63) is 72.9 Å². The molecule has 5 atom stereocenters. The van der Waals surface area contributed by atoms with Crippen molar-refractivity contribution in [2.75, 3.05) is 89.5 Å². The van der Waals surface area contributed by atoms with E-state index < -0.39 is 22.4 Å². The molecular formula is C79H96N32O5. The van der Waals surface area contributed by atoms with E-state index in [-0.39, 0.29) is 35.9 Å². The van der Waals surface area contributed by atoms with Gasteiger partial charge in [-0.1, -0.05) is 0 Å². The Labute approximate surface area is 667 Å². The molecule has 2 unspecified atom stereocenters. The van der Waals surface area contributed by atoms with Crippen molar-refractivity contribution in [3.63, 3.8) is 0 Å². The summed E-state index contributed by atoms with van der Waals surface area (Å²) in [7, 11) is 1.81. The second-order valence-electron chi connectivity index (χ2n) is 34.7. The van der Waals surface area contributed by atoms with Crippen LogP contribution in [0.4, 0.5) is 47.1 Å². The third kappa shape index (κ3) is 12.7. The molecule has 9 N–H and O–H groups in total. The second-order valence-corrected chi connectivity index (χ2v) is 34.7. The smallest absolute Gasteiger partial charge is 0.219 e. The summed E-state index contributed by atoms with van der Waals surface area (Å²) in [5.74, 6) is 12.4. The summed E-state index contributed by atoms with van der Waals surface area (Å²) in [5, 5.41) is 3.55. The number of fused-ring (bicyclic) bond motifs is 16. The molecule has 0 spiro atoms. The first-order valence-corrected chi connectivity index (χ1v) is 40.4. The number of anilines is 8. The second kappa shape index (κ2) is 27.4. The fourth-order valence-corrected chi connectivity index (χ4v) is 18.8. The molecule has 6 bridgehead atoms. The van der Waals surface area contributed by atoms with Crippen LogP contribution in [0, 0.1) is 17.8 Å². The van der Waals surface area contributed by atoms with E-state index in [0.717, 1.165) is 177 Å². The highest BCUT2D eigenvalue weighted by molar-refractivity contribution is 5.90. The number of rotatable bonds is 10. The molecule has 602 valence electrons. The Morgan fingerprint density at radius 3 is 1.25 bits per heavy atom. The lowest BCUT2D eigenvalue weighted by Gasteiger charge is -2.34. The zero-order valence-corrected chi connectivity index (χ0v) is 67.0. The van der Waals surface area contributed by atoms with Gasteiger partial charge in [-0.05, 0) is 139 Å². The van der Waals surface area contributed by atoms with Gasteiger partial charge in [0.05, 0.1) is 66.9 Å². The maximum atomic E-state index is 6.17. The topological polar surface area (TPSA) is 449 Å². The number of ether oxygens (including phenoxy) is 5. The highest BCUT2D eigenvalue weighted by atomic mass is 16.5. The van der Waals surface area contributed by atoms with Crippen molar-refractivity contribution >= 4 is 91.7 Å². The number of nitrogen functional groups attached to an aromatic ring is 4. The van der Waals surface area contributed by atoms with Gasteiger partial charge in [-0.25, -0.2) is 99.7 Å². The molecule has 0 amide bonds. The third-order valence-electron chi connectivity index (χ3n) is 25.0. The zero-order chi connectivity index (χ0) is 79.8. The van der Waals surface area contributed by atoms with Crippen LogP contribution in [-0.2, 0) is 65.7 Å². The van der Waals surface area contributed by atoms with E-state index in [4.69, 9.17) is 106 Å². The van der Waals surface area contributed by atoms with Gasteiger partial charge in [0, 0.05) is 119 Å². The summed E-state index contributed by atoms with van der Waals surface area (Å²) < 4.78 is 38.6. The number of imidazole rings is 4.